The number of aliphatic hydroxyl groups excluding tert-OH is 3. The van der Waals surface area contributed by atoms with Gasteiger partial charge in [-0.05, 0) is 12.8 Å². The van der Waals surface area contributed by atoms with E-state index in [1.54, 1.807) is 0 Å². The van der Waals surface area contributed by atoms with Crippen molar-refractivity contribution in [3.63, 3.8) is 0 Å². The molecule has 1 rings (SSSR count). The topological polar surface area (TPSA) is 184 Å². The summed E-state index contributed by atoms with van der Waals surface area (Å²) in [4.78, 5) is 50.0. The standard InChI is InChI=1S/C36H64O13/c1-5-7-9-10-11-12-13-14-15-16-17-18-20-22-31(42)48-34-33(46-27(4)39)30(25-44-26(3)38)47-36(45-24-29(41)28(40)23-37)35(34)49-32(43)21-19-8-6-2/h28-30,33-37,40-41H,5-25H2,1-4H3. The van der Waals surface area contributed by atoms with Crippen LogP contribution in [0.1, 0.15) is 143 Å². The van der Waals surface area contributed by atoms with Crippen LogP contribution in [0.5, 0.6) is 0 Å². The molecule has 0 amide bonds. The molecule has 0 spiro atoms. The summed E-state index contributed by atoms with van der Waals surface area (Å²) in [6.45, 7) is 4.81. The molecule has 286 valence electrons. The lowest BCUT2D eigenvalue weighted by Gasteiger charge is -2.44. The number of unbranched alkanes of at least 4 members (excludes halogenated alkanes) is 14. The number of carbonyl (C=O) groups is 4. The quantitative estimate of drug-likeness (QED) is 0.0573. The molecule has 0 saturated carbocycles. The highest BCUT2D eigenvalue weighted by molar-refractivity contribution is 5.71. The summed E-state index contributed by atoms with van der Waals surface area (Å²) in [6.07, 6.45) is 7.25. The van der Waals surface area contributed by atoms with Crippen LogP contribution in [0.4, 0.5) is 0 Å². The van der Waals surface area contributed by atoms with E-state index in [4.69, 9.17) is 28.4 Å². The third kappa shape index (κ3) is 20.2. The number of rotatable bonds is 28. The number of carbonyl (C=O) groups excluding carboxylic acids is 4. The zero-order valence-corrected chi connectivity index (χ0v) is 30.3. The lowest BCUT2D eigenvalue weighted by Crippen LogP contribution is -2.63. The maximum Gasteiger partial charge on any atom is 0.306 e. The van der Waals surface area contributed by atoms with Crippen molar-refractivity contribution in [2.24, 2.45) is 0 Å². The first-order valence-electron chi connectivity index (χ1n) is 18.5. The fourth-order valence-corrected chi connectivity index (χ4v) is 5.59. The number of esters is 4. The van der Waals surface area contributed by atoms with Crippen molar-refractivity contribution in [3.05, 3.63) is 0 Å². The van der Waals surface area contributed by atoms with Gasteiger partial charge in [0.1, 0.15) is 24.9 Å². The molecule has 1 aliphatic heterocycles. The Morgan fingerprint density at radius 3 is 1.57 bits per heavy atom. The van der Waals surface area contributed by atoms with Crippen LogP contribution in [0.15, 0.2) is 0 Å². The molecule has 0 aromatic rings. The van der Waals surface area contributed by atoms with Gasteiger partial charge in [0.15, 0.2) is 24.6 Å². The minimum absolute atomic E-state index is 0.0532. The van der Waals surface area contributed by atoms with E-state index in [0.717, 1.165) is 45.4 Å². The average molecular weight is 705 g/mol. The molecule has 0 bridgehead atoms. The minimum Gasteiger partial charge on any atom is -0.463 e. The molecule has 0 radical (unpaired) electrons. The minimum atomic E-state index is -1.54. The molecular weight excluding hydrogens is 640 g/mol. The average Bonchev–Trinajstić information content (AvgIpc) is 3.06. The Bertz CT molecular complexity index is 913. The van der Waals surface area contributed by atoms with E-state index in [1.807, 2.05) is 6.92 Å². The molecule has 3 N–H and O–H groups in total. The van der Waals surface area contributed by atoms with Crippen molar-refractivity contribution in [1.29, 1.82) is 0 Å². The maximum absolute atomic E-state index is 13.2. The van der Waals surface area contributed by atoms with Gasteiger partial charge in [-0.2, -0.15) is 0 Å². The fourth-order valence-electron chi connectivity index (χ4n) is 5.59. The van der Waals surface area contributed by atoms with E-state index in [1.165, 1.54) is 58.3 Å². The molecule has 13 nitrogen and oxygen atoms in total. The predicted molar refractivity (Wildman–Crippen MR) is 180 cm³/mol. The Morgan fingerprint density at radius 1 is 0.612 bits per heavy atom. The summed E-state index contributed by atoms with van der Waals surface area (Å²) in [5.41, 5.74) is 0. The molecule has 1 heterocycles. The fraction of sp³-hybridized carbons (Fsp3) is 0.889. The largest absolute Gasteiger partial charge is 0.463 e. The van der Waals surface area contributed by atoms with Gasteiger partial charge in [0.05, 0.1) is 13.2 Å². The van der Waals surface area contributed by atoms with Crippen molar-refractivity contribution < 1.29 is 62.9 Å². The van der Waals surface area contributed by atoms with E-state index in [2.05, 4.69) is 6.92 Å². The summed E-state index contributed by atoms with van der Waals surface area (Å²) in [5.74, 6) is -2.64. The second kappa shape index (κ2) is 27.4. The van der Waals surface area contributed by atoms with Crippen LogP contribution in [0.2, 0.25) is 0 Å². The highest BCUT2D eigenvalue weighted by Gasteiger charge is 2.53. The summed E-state index contributed by atoms with van der Waals surface area (Å²) in [6, 6.07) is 0. The molecule has 1 aliphatic rings. The third-order valence-corrected chi connectivity index (χ3v) is 8.41. The molecular formula is C36H64O13. The zero-order chi connectivity index (χ0) is 36.4. The van der Waals surface area contributed by atoms with Gasteiger partial charge < -0.3 is 43.7 Å². The molecule has 1 fully saturated rings. The van der Waals surface area contributed by atoms with Crippen LogP contribution >= 0.6 is 0 Å². The van der Waals surface area contributed by atoms with Crippen molar-refractivity contribution >= 4 is 23.9 Å². The van der Waals surface area contributed by atoms with Crippen LogP contribution in [-0.4, -0.2) is 102 Å². The van der Waals surface area contributed by atoms with E-state index in [9.17, 15) is 34.5 Å². The van der Waals surface area contributed by atoms with Gasteiger partial charge in [-0.15, -0.1) is 0 Å². The van der Waals surface area contributed by atoms with Gasteiger partial charge in [0, 0.05) is 26.7 Å². The molecule has 13 heteroatoms. The van der Waals surface area contributed by atoms with Crippen LogP contribution in [0, 0.1) is 0 Å². The summed E-state index contributed by atoms with van der Waals surface area (Å²) in [5, 5.41) is 29.2. The van der Waals surface area contributed by atoms with Gasteiger partial charge in [-0.25, -0.2) is 0 Å². The number of hydrogen-bond donors (Lipinski definition) is 3. The van der Waals surface area contributed by atoms with Crippen LogP contribution in [-0.2, 0) is 47.6 Å². The van der Waals surface area contributed by atoms with Crippen molar-refractivity contribution in [2.75, 3.05) is 19.8 Å². The van der Waals surface area contributed by atoms with Crippen molar-refractivity contribution in [3.8, 4) is 0 Å². The lowest BCUT2D eigenvalue weighted by molar-refractivity contribution is -0.312. The van der Waals surface area contributed by atoms with E-state index < -0.39 is 86.6 Å². The molecule has 7 unspecified atom stereocenters. The third-order valence-electron chi connectivity index (χ3n) is 8.41. The second-order valence-corrected chi connectivity index (χ2v) is 12.9. The Labute approximate surface area is 292 Å². The van der Waals surface area contributed by atoms with Gasteiger partial charge in [-0.3, -0.25) is 19.2 Å². The number of hydrogen-bond acceptors (Lipinski definition) is 13. The normalized spacial score (nSPS) is 21.8. The zero-order valence-electron chi connectivity index (χ0n) is 30.3. The molecule has 0 aromatic carbocycles. The maximum atomic E-state index is 13.2. The van der Waals surface area contributed by atoms with Gasteiger partial charge in [-0.1, -0.05) is 104 Å². The van der Waals surface area contributed by atoms with E-state index in [0.29, 0.717) is 12.8 Å². The number of aliphatic hydroxyl groups is 3. The van der Waals surface area contributed by atoms with E-state index >= 15 is 0 Å². The SMILES string of the molecule is CCCCCCCCCCCCCCCC(=O)OC1C(OC(C)=O)C(COC(C)=O)OC(OCC(O)C(O)CO)C1OC(=O)CCCCC. The Morgan fingerprint density at radius 2 is 1.08 bits per heavy atom. The molecule has 1 saturated heterocycles. The molecule has 0 aromatic heterocycles. The van der Waals surface area contributed by atoms with Crippen molar-refractivity contribution in [2.45, 2.75) is 186 Å². The first-order valence-corrected chi connectivity index (χ1v) is 18.5. The highest BCUT2D eigenvalue weighted by Crippen LogP contribution is 2.31. The highest BCUT2D eigenvalue weighted by atomic mass is 16.7. The van der Waals surface area contributed by atoms with Crippen LogP contribution in [0.3, 0.4) is 0 Å². The first-order chi connectivity index (χ1) is 23.5. The monoisotopic (exact) mass is 704 g/mol. The van der Waals surface area contributed by atoms with E-state index in [-0.39, 0.29) is 12.8 Å². The molecule has 7 atom stereocenters. The van der Waals surface area contributed by atoms with Crippen LogP contribution < -0.4 is 0 Å². The summed E-state index contributed by atoms with van der Waals surface area (Å²) in [7, 11) is 0. The smallest absolute Gasteiger partial charge is 0.306 e. The first kappa shape index (κ1) is 44.7. The molecule has 49 heavy (non-hydrogen) atoms. The van der Waals surface area contributed by atoms with Crippen LogP contribution in [0.25, 0.3) is 0 Å². The lowest BCUT2D eigenvalue weighted by atomic mass is 9.97. The Kier molecular flexibility index (Phi) is 25.0. The van der Waals surface area contributed by atoms with Gasteiger partial charge in [0.25, 0.3) is 0 Å². The number of ether oxygens (including phenoxy) is 6. The summed E-state index contributed by atoms with van der Waals surface area (Å²) < 4.78 is 33.9. The Hall–Kier alpha value is -2.32. The molecule has 0 aliphatic carbocycles. The van der Waals surface area contributed by atoms with Gasteiger partial charge >= 0.3 is 23.9 Å². The predicted octanol–water partition coefficient (Wildman–Crippen LogP) is 4.82. The van der Waals surface area contributed by atoms with Gasteiger partial charge in [0.2, 0.25) is 0 Å². The van der Waals surface area contributed by atoms with Crippen molar-refractivity contribution in [1.82, 2.24) is 0 Å². The second-order valence-electron chi connectivity index (χ2n) is 12.9. The Balaban J connectivity index is 2.97. The summed E-state index contributed by atoms with van der Waals surface area (Å²) >= 11 is 0.